The maximum absolute atomic E-state index is 11.5. The van der Waals surface area contributed by atoms with E-state index in [1.807, 2.05) is 7.05 Å². The fourth-order valence-corrected chi connectivity index (χ4v) is 1.64. The van der Waals surface area contributed by atoms with Crippen LogP contribution in [0.1, 0.15) is 10.4 Å². The first kappa shape index (κ1) is 13.9. The summed E-state index contributed by atoms with van der Waals surface area (Å²) in [5, 5.41) is 3.99. The first-order valence-corrected chi connectivity index (χ1v) is 6.05. The van der Waals surface area contributed by atoms with Crippen LogP contribution in [0.3, 0.4) is 0 Å². The number of nitrogens with zero attached hydrogens (tertiary/aromatic N) is 2. The zero-order valence-corrected chi connectivity index (χ0v) is 11.1. The smallest absolute Gasteiger partial charge is 0.268 e. The van der Waals surface area contributed by atoms with Gasteiger partial charge in [0.05, 0.1) is 18.0 Å². The van der Waals surface area contributed by atoms with Crippen molar-refractivity contribution >= 4 is 5.91 Å². The van der Waals surface area contributed by atoms with E-state index in [1.54, 1.807) is 41.3 Å². The summed E-state index contributed by atoms with van der Waals surface area (Å²) in [7, 11) is 1.81. The molecular formula is C13H16N4O3. The number of rotatable bonds is 6. The molecule has 1 amide bonds. The van der Waals surface area contributed by atoms with Gasteiger partial charge in [0.1, 0.15) is 19.0 Å². The number of hydrogen-bond donors (Lipinski definition) is 2. The summed E-state index contributed by atoms with van der Waals surface area (Å²) in [5.74, 6) is 5.86. The predicted molar refractivity (Wildman–Crippen MR) is 72.3 cm³/mol. The average Bonchev–Trinajstić information content (AvgIpc) is 2.89. The third kappa shape index (κ3) is 3.48. The average molecular weight is 276 g/mol. The Morgan fingerprint density at radius 1 is 1.35 bits per heavy atom. The van der Waals surface area contributed by atoms with Gasteiger partial charge in [0, 0.05) is 7.05 Å². The molecule has 0 aliphatic carbocycles. The molecule has 1 aromatic heterocycles. The molecule has 106 valence electrons. The van der Waals surface area contributed by atoms with Gasteiger partial charge in [-0.05, 0) is 12.1 Å². The summed E-state index contributed by atoms with van der Waals surface area (Å²) in [6, 6.07) is 6.86. The highest BCUT2D eigenvalue weighted by molar-refractivity contribution is 5.96. The van der Waals surface area contributed by atoms with Crippen molar-refractivity contribution in [2.24, 2.45) is 12.9 Å². The minimum absolute atomic E-state index is 0.309. The van der Waals surface area contributed by atoms with Crippen molar-refractivity contribution in [1.29, 1.82) is 0 Å². The van der Waals surface area contributed by atoms with Crippen LogP contribution in [0.5, 0.6) is 11.5 Å². The molecule has 1 aromatic carbocycles. The summed E-state index contributed by atoms with van der Waals surface area (Å²) in [6.07, 6.45) is 3.38. The molecule has 0 spiro atoms. The summed E-state index contributed by atoms with van der Waals surface area (Å²) >= 11 is 0. The quantitative estimate of drug-likeness (QED) is 0.346. The third-order valence-corrected chi connectivity index (χ3v) is 2.55. The highest BCUT2D eigenvalue weighted by atomic mass is 16.5. The Morgan fingerprint density at radius 2 is 2.10 bits per heavy atom. The molecule has 0 aliphatic heterocycles. The number of carbonyl (C=O) groups is 1. The van der Waals surface area contributed by atoms with Crippen LogP contribution in [0.2, 0.25) is 0 Å². The van der Waals surface area contributed by atoms with Crippen molar-refractivity contribution in [3.8, 4) is 11.5 Å². The molecular weight excluding hydrogens is 260 g/mol. The highest BCUT2D eigenvalue weighted by Crippen LogP contribution is 2.17. The minimum atomic E-state index is -0.395. The van der Waals surface area contributed by atoms with E-state index in [2.05, 4.69) is 10.5 Å². The number of nitrogen functional groups attached to an aromatic ring is 1. The van der Waals surface area contributed by atoms with Crippen molar-refractivity contribution in [3.05, 3.63) is 42.2 Å². The molecule has 0 aliphatic rings. The second-order valence-electron chi connectivity index (χ2n) is 4.02. The van der Waals surface area contributed by atoms with Gasteiger partial charge in [-0.2, -0.15) is 5.10 Å². The maximum atomic E-state index is 11.5. The minimum Gasteiger partial charge on any atom is -0.489 e. The Hall–Kier alpha value is -2.54. The molecule has 0 radical (unpaired) electrons. The van der Waals surface area contributed by atoms with Gasteiger partial charge in [-0.25, -0.2) is 5.84 Å². The molecule has 0 fully saturated rings. The monoisotopic (exact) mass is 276 g/mol. The largest absolute Gasteiger partial charge is 0.489 e. The third-order valence-electron chi connectivity index (χ3n) is 2.55. The molecule has 7 nitrogen and oxygen atoms in total. The lowest BCUT2D eigenvalue weighted by molar-refractivity contribution is 0.0948. The first-order chi connectivity index (χ1) is 9.70. The summed E-state index contributed by atoms with van der Waals surface area (Å²) < 4.78 is 12.6. The summed E-state index contributed by atoms with van der Waals surface area (Å²) in [6.45, 7) is 0.661. The number of carbonyl (C=O) groups excluding carboxylic acids is 1. The van der Waals surface area contributed by atoms with E-state index in [1.165, 1.54) is 0 Å². The van der Waals surface area contributed by atoms with Crippen LogP contribution in [0.15, 0.2) is 36.7 Å². The number of para-hydroxylation sites is 1. The molecule has 2 rings (SSSR count). The Kier molecular flexibility index (Phi) is 4.56. The lowest BCUT2D eigenvalue weighted by Crippen LogP contribution is -2.30. The Balaban J connectivity index is 1.86. The second-order valence-corrected chi connectivity index (χ2v) is 4.02. The van der Waals surface area contributed by atoms with Gasteiger partial charge in [0.15, 0.2) is 5.75 Å². The van der Waals surface area contributed by atoms with Gasteiger partial charge in [-0.3, -0.25) is 14.9 Å². The number of benzene rings is 1. The number of hydrogen-bond acceptors (Lipinski definition) is 5. The highest BCUT2D eigenvalue weighted by Gasteiger charge is 2.10. The van der Waals surface area contributed by atoms with E-state index in [-0.39, 0.29) is 0 Å². The lowest BCUT2D eigenvalue weighted by atomic mass is 10.2. The van der Waals surface area contributed by atoms with Crippen molar-refractivity contribution in [2.75, 3.05) is 13.2 Å². The van der Waals surface area contributed by atoms with Crippen molar-refractivity contribution in [3.63, 3.8) is 0 Å². The van der Waals surface area contributed by atoms with Gasteiger partial charge >= 0.3 is 0 Å². The Labute approximate surface area is 116 Å². The number of hydrazine groups is 1. The second kappa shape index (κ2) is 6.58. The summed E-state index contributed by atoms with van der Waals surface area (Å²) in [5.41, 5.74) is 2.47. The van der Waals surface area contributed by atoms with Crippen LogP contribution < -0.4 is 20.7 Å². The van der Waals surface area contributed by atoms with Gasteiger partial charge in [-0.1, -0.05) is 12.1 Å². The zero-order chi connectivity index (χ0) is 14.4. The van der Waals surface area contributed by atoms with Crippen LogP contribution in [-0.4, -0.2) is 28.9 Å². The van der Waals surface area contributed by atoms with E-state index < -0.39 is 5.91 Å². The predicted octanol–water partition coefficient (Wildman–Crippen LogP) is 0.481. The van der Waals surface area contributed by atoms with Gasteiger partial charge in [0.25, 0.3) is 5.91 Å². The number of aryl methyl sites for hydroxylation is 1. The van der Waals surface area contributed by atoms with Crippen LogP contribution in [-0.2, 0) is 7.05 Å². The van der Waals surface area contributed by atoms with Gasteiger partial charge in [0.2, 0.25) is 0 Å². The van der Waals surface area contributed by atoms with Crippen LogP contribution in [0.25, 0.3) is 0 Å². The molecule has 0 unspecified atom stereocenters. The van der Waals surface area contributed by atoms with Gasteiger partial charge < -0.3 is 9.47 Å². The lowest BCUT2D eigenvalue weighted by Gasteiger charge is -2.10. The van der Waals surface area contributed by atoms with Crippen molar-refractivity contribution < 1.29 is 14.3 Å². The van der Waals surface area contributed by atoms with Crippen LogP contribution in [0, 0.1) is 0 Å². The Morgan fingerprint density at radius 3 is 2.80 bits per heavy atom. The zero-order valence-electron chi connectivity index (χ0n) is 11.1. The standard InChI is InChI=1S/C13H16N4O3/c1-17-9-10(8-15-17)19-6-7-20-12-5-3-2-4-11(12)13(18)16-14/h2-5,8-9H,6-7,14H2,1H3,(H,16,18). The van der Waals surface area contributed by atoms with E-state index in [0.717, 1.165) is 0 Å². The molecule has 3 N–H and O–H groups in total. The molecule has 0 saturated carbocycles. The van der Waals surface area contributed by atoms with Crippen molar-refractivity contribution in [1.82, 2.24) is 15.2 Å². The normalized spacial score (nSPS) is 10.1. The Bertz CT molecular complexity index is 583. The van der Waals surface area contributed by atoms with Crippen molar-refractivity contribution in [2.45, 2.75) is 0 Å². The molecule has 0 bridgehead atoms. The SMILES string of the molecule is Cn1cc(OCCOc2ccccc2C(=O)NN)cn1. The fourth-order valence-electron chi connectivity index (χ4n) is 1.64. The molecule has 20 heavy (non-hydrogen) atoms. The number of nitrogens with one attached hydrogen (secondary N) is 1. The molecule has 1 heterocycles. The molecule has 0 saturated heterocycles. The van der Waals surface area contributed by atoms with E-state index in [4.69, 9.17) is 15.3 Å². The number of amides is 1. The summed E-state index contributed by atoms with van der Waals surface area (Å²) in [4.78, 5) is 11.5. The van der Waals surface area contributed by atoms with Gasteiger partial charge in [-0.15, -0.1) is 0 Å². The molecule has 0 atom stereocenters. The maximum Gasteiger partial charge on any atom is 0.268 e. The van der Waals surface area contributed by atoms with Crippen LogP contribution in [0.4, 0.5) is 0 Å². The fraction of sp³-hybridized carbons (Fsp3) is 0.231. The molecule has 7 heteroatoms. The van der Waals surface area contributed by atoms with E-state index >= 15 is 0 Å². The number of ether oxygens (including phenoxy) is 2. The molecule has 2 aromatic rings. The van der Waals surface area contributed by atoms with E-state index in [9.17, 15) is 4.79 Å². The van der Waals surface area contributed by atoms with E-state index in [0.29, 0.717) is 30.3 Å². The topological polar surface area (TPSA) is 91.4 Å². The first-order valence-electron chi connectivity index (χ1n) is 6.05. The van der Waals surface area contributed by atoms with Crippen LogP contribution >= 0.6 is 0 Å². The number of aromatic nitrogens is 2. The number of nitrogens with two attached hydrogens (primary N) is 1.